The molecule has 0 rings (SSSR count). The lowest BCUT2D eigenvalue weighted by Gasteiger charge is -2.28. The van der Waals surface area contributed by atoms with Crippen molar-refractivity contribution >= 4 is 41.4 Å². The molecule has 12 nitrogen and oxygen atoms in total. The maximum Gasteiger partial charge on any atom is 0.326 e. The summed E-state index contributed by atoms with van der Waals surface area (Å²) in [4.78, 5) is 60.6. The molecule has 5 unspecified atom stereocenters. The van der Waals surface area contributed by atoms with E-state index in [2.05, 4.69) is 16.0 Å². The molecule has 0 saturated heterocycles. The van der Waals surface area contributed by atoms with Crippen LogP contribution in [0.4, 0.5) is 0 Å². The van der Waals surface area contributed by atoms with E-state index in [0.717, 1.165) is 0 Å². The lowest BCUT2D eigenvalue weighted by molar-refractivity contribution is -0.147. The zero-order valence-electron chi connectivity index (χ0n) is 20.0. The van der Waals surface area contributed by atoms with Crippen LogP contribution in [-0.4, -0.2) is 82.6 Å². The van der Waals surface area contributed by atoms with E-state index in [1.165, 1.54) is 0 Å². The van der Waals surface area contributed by atoms with E-state index < -0.39 is 66.2 Å². The summed E-state index contributed by atoms with van der Waals surface area (Å²) in [6.45, 7) is 3.89. The third-order valence-corrected chi connectivity index (χ3v) is 5.98. The van der Waals surface area contributed by atoms with Gasteiger partial charge in [-0.2, -0.15) is 11.8 Å². The average Bonchev–Trinajstić information content (AvgIpc) is 2.78. The molecule has 0 aliphatic carbocycles. The minimum Gasteiger partial charge on any atom is -0.481 e. The van der Waals surface area contributed by atoms with E-state index in [1.54, 1.807) is 25.6 Å². The lowest BCUT2D eigenvalue weighted by Crippen LogP contribution is -2.58. The number of carbonyl (C=O) groups is 5. The number of rotatable bonds is 18. The van der Waals surface area contributed by atoms with Crippen LogP contribution in [0.3, 0.4) is 0 Å². The van der Waals surface area contributed by atoms with Gasteiger partial charge in [-0.3, -0.25) is 19.2 Å². The second-order valence-corrected chi connectivity index (χ2v) is 9.09. The van der Waals surface area contributed by atoms with Crippen LogP contribution in [0.15, 0.2) is 0 Å². The maximum absolute atomic E-state index is 13.0. The number of unbranched alkanes of at least 4 members (excludes halogenated alkanes) is 1. The number of amides is 3. The van der Waals surface area contributed by atoms with Gasteiger partial charge in [-0.15, -0.1) is 0 Å². The highest BCUT2D eigenvalue weighted by molar-refractivity contribution is 7.98. The van der Waals surface area contributed by atoms with Crippen molar-refractivity contribution in [3.8, 4) is 0 Å². The summed E-state index contributed by atoms with van der Waals surface area (Å²) < 4.78 is 0. The number of hydrogen-bond acceptors (Lipinski definition) is 8. The molecule has 196 valence electrons. The van der Waals surface area contributed by atoms with Crippen LogP contribution >= 0.6 is 11.8 Å². The smallest absolute Gasteiger partial charge is 0.326 e. The maximum atomic E-state index is 13.0. The van der Waals surface area contributed by atoms with Gasteiger partial charge >= 0.3 is 11.9 Å². The first-order valence-electron chi connectivity index (χ1n) is 11.3. The van der Waals surface area contributed by atoms with Crippen molar-refractivity contribution in [3.05, 3.63) is 0 Å². The molecule has 0 aliphatic heterocycles. The second-order valence-electron chi connectivity index (χ2n) is 8.10. The van der Waals surface area contributed by atoms with Gasteiger partial charge in [0.1, 0.15) is 18.1 Å². The van der Waals surface area contributed by atoms with E-state index in [9.17, 15) is 29.1 Å². The summed E-state index contributed by atoms with van der Waals surface area (Å²) in [7, 11) is 0. The van der Waals surface area contributed by atoms with Gasteiger partial charge in [0, 0.05) is 0 Å². The molecule has 5 atom stereocenters. The first-order valence-corrected chi connectivity index (χ1v) is 12.7. The average molecular weight is 506 g/mol. The van der Waals surface area contributed by atoms with E-state index >= 15 is 0 Å². The number of carbonyl (C=O) groups excluding carboxylic acids is 3. The molecule has 9 N–H and O–H groups in total. The zero-order valence-corrected chi connectivity index (χ0v) is 20.9. The molecular weight excluding hydrogens is 466 g/mol. The highest BCUT2D eigenvalue weighted by Gasteiger charge is 2.33. The predicted molar refractivity (Wildman–Crippen MR) is 129 cm³/mol. The molecular formula is C21H39N5O7S. The molecule has 0 bridgehead atoms. The van der Waals surface area contributed by atoms with Crippen molar-refractivity contribution in [1.29, 1.82) is 0 Å². The monoisotopic (exact) mass is 505 g/mol. The van der Waals surface area contributed by atoms with E-state index in [-0.39, 0.29) is 6.42 Å². The van der Waals surface area contributed by atoms with Crippen molar-refractivity contribution in [2.24, 2.45) is 17.4 Å². The fourth-order valence-electron chi connectivity index (χ4n) is 3.01. The predicted octanol–water partition coefficient (Wildman–Crippen LogP) is -0.744. The number of aliphatic carboxylic acids is 2. The van der Waals surface area contributed by atoms with E-state index in [1.807, 2.05) is 6.26 Å². The molecule has 0 aliphatic rings. The Hall–Kier alpha value is -2.38. The molecule has 34 heavy (non-hydrogen) atoms. The minimum atomic E-state index is -1.65. The standard InChI is InChI=1S/C21H39N5O7S/c1-4-12(2)17(20(31)25-15(21(32)33)11-16(27)28)26-19(30)14(7-5-6-9-22)24-18(29)13(23)8-10-34-3/h12-15,17H,4-11,22-23H2,1-3H3,(H,24,29)(H,25,31)(H,26,30)(H,27,28)(H,32,33). The molecule has 0 fully saturated rings. The van der Waals surface area contributed by atoms with Crippen molar-refractivity contribution < 1.29 is 34.2 Å². The Morgan fingerprint density at radius 3 is 2.03 bits per heavy atom. The largest absolute Gasteiger partial charge is 0.481 e. The van der Waals surface area contributed by atoms with Crippen molar-refractivity contribution in [1.82, 2.24) is 16.0 Å². The van der Waals surface area contributed by atoms with Gasteiger partial charge in [-0.05, 0) is 50.2 Å². The molecule has 0 aromatic carbocycles. The topological polar surface area (TPSA) is 214 Å². The third-order valence-electron chi connectivity index (χ3n) is 5.34. The summed E-state index contributed by atoms with van der Waals surface area (Å²) in [5, 5.41) is 25.5. The normalized spacial score (nSPS) is 15.3. The van der Waals surface area contributed by atoms with Crippen molar-refractivity contribution in [2.45, 2.75) is 76.5 Å². The van der Waals surface area contributed by atoms with E-state index in [0.29, 0.717) is 38.0 Å². The Balaban J connectivity index is 5.53. The third kappa shape index (κ3) is 12.2. The van der Waals surface area contributed by atoms with Crippen LogP contribution in [0.2, 0.25) is 0 Å². The molecule has 0 heterocycles. The van der Waals surface area contributed by atoms with Crippen molar-refractivity contribution in [3.63, 3.8) is 0 Å². The highest BCUT2D eigenvalue weighted by atomic mass is 32.2. The Bertz CT molecular complexity index is 694. The summed E-state index contributed by atoms with van der Waals surface area (Å²) in [5.74, 6) is -4.54. The highest BCUT2D eigenvalue weighted by Crippen LogP contribution is 2.11. The molecule has 0 saturated carbocycles. The number of nitrogens with two attached hydrogens (primary N) is 2. The van der Waals surface area contributed by atoms with Crippen LogP contribution in [0.1, 0.15) is 52.4 Å². The van der Waals surface area contributed by atoms with Gasteiger partial charge in [0.05, 0.1) is 12.5 Å². The van der Waals surface area contributed by atoms with Crippen LogP contribution in [0.5, 0.6) is 0 Å². The number of carboxylic acid groups (broad SMARTS) is 2. The molecule has 0 radical (unpaired) electrons. The Kier molecular flexibility index (Phi) is 15.9. The number of hydrogen-bond donors (Lipinski definition) is 7. The van der Waals surface area contributed by atoms with Gasteiger partial charge in [-0.25, -0.2) is 4.79 Å². The molecule has 3 amide bonds. The fraction of sp³-hybridized carbons (Fsp3) is 0.762. The minimum absolute atomic E-state index is 0.273. The molecule has 13 heteroatoms. The molecule has 0 spiro atoms. The van der Waals surface area contributed by atoms with Gasteiger partial charge < -0.3 is 37.6 Å². The zero-order chi connectivity index (χ0) is 26.3. The SMILES string of the molecule is CCC(C)C(NC(=O)C(CCCCN)NC(=O)C(N)CCSC)C(=O)NC(CC(=O)O)C(=O)O. The number of carboxylic acids is 2. The first-order chi connectivity index (χ1) is 16.0. The van der Waals surface area contributed by atoms with Crippen LogP contribution in [0, 0.1) is 5.92 Å². The number of thioether (sulfide) groups is 1. The second kappa shape index (κ2) is 17.1. The van der Waals surface area contributed by atoms with Crippen LogP contribution in [0.25, 0.3) is 0 Å². The number of nitrogens with one attached hydrogen (secondary N) is 3. The fourth-order valence-corrected chi connectivity index (χ4v) is 3.50. The van der Waals surface area contributed by atoms with Crippen LogP contribution in [-0.2, 0) is 24.0 Å². The summed E-state index contributed by atoms with van der Waals surface area (Å²) in [6.07, 6.45) is 3.43. The Morgan fingerprint density at radius 2 is 1.53 bits per heavy atom. The summed E-state index contributed by atoms with van der Waals surface area (Å²) in [5.41, 5.74) is 11.4. The summed E-state index contributed by atoms with van der Waals surface area (Å²) >= 11 is 1.54. The van der Waals surface area contributed by atoms with Crippen molar-refractivity contribution in [2.75, 3.05) is 18.6 Å². The first kappa shape index (κ1) is 31.6. The molecule has 0 aromatic heterocycles. The van der Waals surface area contributed by atoms with E-state index in [4.69, 9.17) is 16.6 Å². The lowest BCUT2D eigenvalue weighted by atomic mass is 9.96. The summed E-state index contributed by atoms with van der Waals surface area (Å²) in [6, 6.07) is -4.54. The Labute approximate surface area is 204 Å². The van der Waals surface area contributed by atoms with Gasteiger partial charge in [-0.1, -0.05) is 20.3 Å². The van der Waals surface area contributed by atoms with Crippen LogP contribution < -0.4 is 27.4 Å². The Morgan fingerprint density at radius 1 is 0.912 bits per heavy atom. The quantitative estimate of drug-likeness (QED) is 0.116. The van der Waals surface area contributed by atoms with Gasteiger partial charge in [0.15, 0.2) is 0 Å². The van der Waals surface area contributed by atoms with Gasteiger partial charge in [0.2, 0.25) is 17.7 Å². The molecule has 0 aromatic rings. The van der Waals surface area contributed by atoms with Gasteiger partial charge in [0.25, 0.3) is 0 Å².